The SMILES string of the molecule is COC(=O)N1CCN(CCNC(=O)C2(c3ccccc3)CCOCC2)CC1. The number of nitrogens with one attached hydrogen (secondary N) is 1. The molecule has 0 spiro atoms. The van der Waals surface area contributed by atoms with E-state index in [-0.39, 0.29) is 12.0 Å². The summed E-state index contributed by atoms with van der Waals surface area (Å²) in [5.74, 6) is 0.0881. The lowest BCUT2D eigenvalue weighted by Crippen LogP contribution is -2.52. The van der Waals surface area contributed by atoms with Gasteiger partial charge in [-0.2, -0.15) is 0 Å². The van der Waals surface area contributed by atoms with E-state index >= 15 is 0 Å². The van der Waals surface area contributed by atoms with Gasteiger partial charge in [-0.1, -0.05) is 30.3 Å². The first-order chi connectivity index (χ1) is 13.2. The van der Waals surface area contributed by atoms with Crippen molar-refractivity contribution in [3.8, 4) is 0 Å². The number of hydrogen-bond donors (Lipinski definition) is 1. The van der Waals surface area contributed by atoms with Crippen molar-refractivity contribution in [1.82, 2.24) is 15.1 Å². The molecule has 27 heavy (non-hydrogen) atoms. The van der Waals surface area contributed by atoms with E-state index in [9.17, 15) is 9.59 Å². The first kappa shape index (κ1) is 19.6. The Kier molecular flexibility index (Phi) is 6.68. The highest BCUT2D eigenvalue weighted by atomic mass is 16.5. The van der Waals surface area contributed by atoms with Crippen molar-refractivity contribution < 1.29 is 19.1 Å². The third kappa shape index (κ3) is 4.59. The Morgan fingerprint density at radius 2 is 1.78 bits per heavy atom. The minimum Gasteiger partial charge on any atom is -0.453 e. The van der Waals surface area contributed by atoms with E-state index in [0.29, 0.717) is 45.7 Å². The van der Waals surface area contributed by atoms with E-state index in [1.165, 1.54) is 7.11 Å². The van der Waals surface area contributed by atoms with Crippen LogP contribution in [0.15, 0.2) is 30.3 Å². The summed E-state index contributed by atoms with van der Waals surface area (Å²) in [7, 11) is 1.41. The molecule has 2 aliphatic heterocycles. The molecule has 2 fully saturated rings. The van der Waals surface area contributed by atoms with Crippen molar-refractivity contribution >= 4 is 12.0 Å². The Morgan fingerprint density at radius 3 is 2.41 bits per heavy atom. The van der Waals surface area contributed by atoms with Gasteiger partial charge in [-0.25, -0.2) is 4.79 Å². The van der Waals surface area contributed by atoms with E-state index in [1.807, 2.05) is 30.3 Å². The van der Waals surface area contributed by atoms with Gasteiger partial charge in [0.05, 0.1) is 12.5 Å². The van der Waals surface area contributed by atoms with Crippen molar-refractivity contribution in [3.63, 3.8) is 0 Å². The number of nitrogens with zero attached hydrogens (tertiary/aromatic N) is 2. The molecule has 0 aromatic heterocycles. The molecule has 0 unspecified atom stereocenters. The zero-order valence-electron chi connectivity index (χ0n) is 16.0. The van der Waals surface area contributed by atoms with E-state index in [2.05, 4.69) is 10.2 Å². The molecule has 0 aliphatic carbocycles. The average Bonchev–Trinajstić information content (AvgIpc) is 2.74. The molecule has 1 aromatic carbocycles. The van der Waals surface area contributed by atoms with Gasteiger partial charge < -0.3 is 19.7 Å². The number of methoxy groups -OCH3 is 1. The number of rotatable bonds is 5. The molecule has 0 radical (unpaired) electrons. The van der Waals surface area contributed by atoms with E-state index < -0.39 is 5.41 Å². The van der Waals surface area contributed by atoms with Crippen LogP contribution in [0.2, 0.25) is 0 Å². The normalized spacial score (nSPS) is 20.1. The number of amides is 2. The van der Waals surface area contributed by atoms with Crippen LogP contribution in [0.1, 0.15) is 18.4 Å². The van der Waals surface area contributed by atoms with Crippen LogP contribution in [-0.2, 0) is 19.7 Å². The number of carbonyl (C=O) groups is 2. The Bertz CT molecular complexity index is 623. The second kappa shape index (κ2) is 9.19. The summed E-state index contributed by atoms with van der Waals surface area (Å²) in [4.78, 5) is 28.6. The second-order valence-corrected chi connectivity index (χ2v) is 7.12. The van der Waals surface area contributed by atoms with Crippen molar-refractivity contribution in [2.75, 3.05) is 59.6 Å². The van der Waals surface area contributed by atoms with Crippen LogP contribution in [0.25, 0.3) is 0 Å². The molecule has 1 aromatic rings. The molecule has 148 valence electrons. The molecule has 2 amide bonds. The number of piperazine rings is 1. The molecule has 0 atom stereocenters. The van der Waals surface area contributed by atoms with Crippen molar-refractivity contribution in [3.05, 3.63) is 35.9 Å². The van der Waals surface area contributed by atoms with Crippen LogP contribution >= 0.6 is 0 Å². The lowest BCUT2D eigenvalue weighted by Gasteiger charge is -2.37. The molecular weight excluding hydrogens is 346 g/mol. The molecule has 7 nitrogen and oxygen atoms in total. The van der Waals surface area contributed by atoms with Crippen LogP contribution in [0, 0.1) is 0 Å². The quantitative estimate of drug-likeness (QED) is 0.838. The first-order valence-electron chi connectivity index (χ1n) is 9.62. The van der Waals surface area contributed by atoms with Crippen molar-refractivity contribution in [2.45, 2.75) is 18.3 Å². The van der Waals surface area contributed by atoms with Crippen LogP contribution in [0.4, 0.5) is 4.79 Å². The van der Waals surface area contributed by atoms with Crippen molar-refractivity contribution in [1.29, 1.82) is 0 Å². The maximum atomic E-state index is 13.1. The Balaban J connectivity index is 1.51. The molecule has 7 heteroatoms. The topological polar surface area (TPSA) is 71.1 Å². The average molecular weight is 375 g/mol. The van der Waals surface area contributed by atoms with Crippen LogP contribution < -0.4 is 5.32 Å². The number of carbonyl (C=O) groups excluding carboxylic acids is 2. The van der Waals surface area contributed by atoms with Crippen LogP contribution in [0.5, 0.6) is 0 Å². The molecule has 3 rings (SSSR count). The van der Waals surface area contributed by atoms with E-state index in [1.54, 1.807) is 4.90 Å². The highest BCUT2D eigenvalue weighted by molar-refractivity contribution is 5.88. The minimum absolute atomic E-state index is 0.0881. The number of benzene rings is 1. The zero-order chi connectivity index (χ0) is 19.1. The maximum Gasteiger partial charge on any atom is 0.409 e. The Labute approximate surface area is 160 Å². The Morgan fingerprint density at radius 1 is 1.11 bits per heavy atom. The highest BCUT2D eigenvalue weighted by Crippen LogP contribution is 2.35. The minimum atomic E-state index is -0.497. The maximum absolute atomic E-state index is 13.1. The molecule has 1 N–H and O–H groups in total. The van der Waals surface area contributed by atoms with Crippen LogP contribution in [0.3, 0.4) is 0 Å². The standard InChI is InChI=1S/C20H29N3O4/c1-26-19(25)23-13-11-22(12-14-23)10-9-21-18(24)20(7-15-27-16-8-20)17-5-3-2-4-6-17/h2-6H,7-16H2,1H3,(H,21,24). The third-order valence-electron chi connectivity index (χ3n) is 5.63. The predicted molar refractivity (Wildman–Crippen MR) is 102 cm³/mol. The molecule has 2 saturated heterocycles. The summed E-state index contributed by atoms with van der Waals surface area (Å²) in [5.41, 5.74) is 0.570. The summed E-state index contributed by atoms with van der Waals surface area (Å²) in [6.45, 7) is 5.51. The second-order valence-electron chi connectivity index (χ2n) is 7.12. The van der Waals surface area contributed by atoms with Gasteiger partial charge in [-0.3, -0.25) is 9.69 Å². The summed E-state index contributed by atoms with van der Waals surface area (Å²) >= 11 is 0. The van der Waals surface area contributed by atoms with Crippen LogP contribution in [-0.4, -0.2) is 81.4 Å². The van der Waals surface area contributed by atoms with Gasteiger partial charge in [-0.15, -0.1) is 0 Å². The van der Waals surface area contributed by atoms with Gasteiger partial charge in [0.1, 0.15) is 0 Å². The fraction of sp³-hybridized carbons (Fsp3) is 0.600. The van der Waals surface area contributed by atoms with Gasteiger partial charge in [0, 0.05) is 52.5 Å². The van der Waals surface area contributed by atoms with E-state index in [0.717, 1.165) is 25.2 Å². The Hall–Kier alpha value is -2.12. The summed E-state index contributed by atoms with van der Waals surface area (Å²) < 4.78 is 10.3. The fourth-order valence-electron chi connectivity index (χ4n) is 3.90. The number of hydrogen-bond acceptors (Lipinski definition) is 5. The van der Waals surface area contributed by atoms with Gasteiger partial charge in [0.15, 0.2) is 0 Å². The third-order valence-corrected chi connectivity index (χ3v) is 5.63. The summed E-state index contributed by atoms with van der Waals surface area (Å²) in [5, 5.41) is 3.14. The fourth-order valence-corrected chi connectivity index (χ4v) is 3.90. The lowest BCUT2D eigenvalue weighted by atomic mass is 9.73. The number of ether oxygens (including phenoxy) is 2. The smallest absolute Gasteiger partial charge is 0.409 e. The zero-order valence-corrected chi connectivity index (χ0v) is 16.0. The predicted octanol–water partition coefficient (Wildman–Crippen LogP) is 1.24. The molecule has 2 heterocycles. The molecule has 0 bridgehead atoms. The molecule has 0 saturated carbocycles. The molecule has 2 aliphatic rings. The highest BCUT2D eigenvalue weighted by Gasteiger charge is 2.41. The summed E-state index contributed by atoms with van der Waals surface area (Å²) in [6.07, 6.45) is 1.15. The van der Waals surface area contributed by atoms with Gasteiger partial charge in [0.25, 0.3) is 0 Å². The summed E-state index contributed by atoms with van der Waals surface area (Å²) in [6, 6.07) is 10.0. The van der Waals surface area contributed by atoms with Gasteiger partial charge >= 0.3 is 6.09 Å². The molecular formula is C20H29N3O4. The first-order valence-corrected chi connectivity index (χ1v) is 9.62. The monoisotopic (exact) mass is 375 g/mol. The lowest BCUT2D eigenvalue weighted by molar-refractivity contribution is -0.130. The van der Waals surface area contributed by atoms with Crippen molar-refractivity contribution in [2.24, 2.45) is 0 Å². The largest absolute Gasteiger partial charge is 0.453 e. The van der Waals surface area contributed by atoms with Gasteiger partial charge in [0.2, 0.25) is 5.91 Å². The van der Waals surface area contributed by atoms with E-state index in [4.69, 9.17) is 9.47 Å². The van der Waals surface area contributed by atoms with Gasteiger partial charge in [-0.05, 0) is 18.4 Å².